The van der Waals surface area contributed by atoms with E-state index in [1.54, 1.807) is 25.0 Å². The molecule has 0 aliphatic carbocycles. The molecule has 168 valence electrons. The van der Waals surface area contributed by atoms with Gasteiger partial charge in [0.15, 0.2) is 0 Å². The summed E-state index contributed by atoms with van der Waals surface area (Å²) in [5.74, 6) is 1.86. The summed E-state index contributed by atoms with van der Waals surface area (Å²) in [5, 5.41) is 3.51. The lowest BCUT2D eigenvalue weighted by atomic mass is 10.1. The first kappa shape index (κ1) is 25.1. The van der Waals surface area contributed by atoms with Gasteiger partial charge in [0, 0.05) is 23.9 Å². The zero-order valence-corrected chi connectivity index (χ0v) is 20.1. The lowest BCUT2D eigenvalue weighted by Gasteiger charge is -2.29. The van der Waals surface area contributed by atoms with E-state index in [2.05, 4.69) is 5.32 Å². The maximum atomic E-state index is 13.1. The highest BCUT2D eigenvalue weighted by Gasteiger charge is 2.26. The zero-order chi connectivity index (χ0) is 22.8. The predicted molar refractivity (Wildman–Crippen MR) is 128 cm³/mol. The van der Waals surface area contributed by atoms with Crippen molar-refractivity contribution in [3.63, 3.8) is 0 Å². The Morgan fingerprint density at radius 1 is 1.10 bits per heavy atom. The topological polar surface area (TPSA) is 58.6 Å². The molecule has 7 heteroatoms. The molecule has 1 atom stereocenters. The normalized spacial score (nSPS) is 11.8. The highest BCUT2D eigenvalue weighted by atomic mass is 35.5. The van der Waals surface area contributed by atoms with Gasteiger partial charge in [-0.05, 0) is 42.2 Å². The monoisotopic (exact) mass is 462 g/mol. The lowest BCUT2D eigenvalue weighted by molar-refractivity contribution is -0.138. The molecule has 0 aliphatic heterocycles. The summed E-state index contributed by atoms with van der Waals surface area (Å²) >= 11 is 7.84. The molecule has 2 aromatic rings. The number of thioether (sulfide) groups is 1. The van der Waals surface area contributed by atoms with Crippen LogP contribution in [-0.4, -0.2) is 42.2 Å². The summed E-state index contributed by atoms with van der Waals surface area (Å²) in [7, 11) is 1.63. The molecule has 0 bridgehead atoms. The molecule has 0 saturated heterocycles. The molecule has 1 N–H and O–H groups in total. The number of carbonyl (C=O) groups excluding carboxylic acids is 2. The van der Waals surface area contributed by atoms with Gasteiger partial charge in [-0.1, -0.05) is 55.8 Å². The average molecular weight is 463 g/mol. The minimum absolute atomic E-state index is 0.0920. The van der Waals surface area contributed by atoms with Crippen molar-refractivity contribution in [2.24, 2.45) is 5.92 Å². The molecule has 0 aromatic heterocycles. The summed E-state index contributed by atoms with van der Waals surface area (Å²) < 4.78 is 5.18. The van der Waals surface area contributed by atoms with Crippen LogP contribution in [0.2, 0.25) is 5.02 Å². The molecule has 5 nitrogen and oxygen atoms in total. The average Bonchev–Trinajstić information content (AvgIpc) is 2.76. The Kier molecular flexibility index (Phi) is 10.2. The van der Waals surface area contributed by atoms with E-state index in [1.807, 2.05) is 56.3 Å². The highest BCUT2D eigenvalue weighted by molar-refractivity contribution is 7.99. The van der Waals surface area contributed by atoms with Crippen LogP contribution in [0.15, 0.2) is 48.5 Å². The molecule has 2 rings (SSSR count). The number of nitrogens with zero attached hydrogens (tertiary/aromatic N) is 1. The van der Waals surface area contributed by atoms with Crippen LogP contribution in [0.3, 0.4) is 0 Å². The van der Waals surface area contributed by atoms with E-state index in [1.165, 1.54) is 11.8 Å². The standard InChI is InChI=1S/C24H31ClN2O3S/c1-17(2)13-26-24(29)18(3)27(14-20-7-5-6-8-22(20)25)23(28)16-31-15-19-9-11-21(30-4)12-10-19/h5-12,17-18H,13-16H2,1-4H3,(H,26,29). The van der Waals surface area contributed by atoms with E-state index in [0.29, 0.717) is 23.2 Å². The van der Waals surface area contributed by atoms with Crippen LogP contribution in [-0.2, 0) is 21.9 Å². The van der Waals surface area contributed by atoms with Crippen LogP contribution in [0.25, 0.3) is 0 Å². The van der Waals surface area contributed by atoms with Crippen molar-refractivity contribution < 1.29 is 14.3 Å². The van der Waals surface area contributed by atoms with E-state index in [0.717, 1.165) is 16.9 Å². The summed E-state index contributed by atoms with van der Waals surface area (Å²) in [6.45, 7) is 6.70. The summed E-state index contributed by atoms with van der Waals surface area (Å²) in [6, 6.07) is 14.6. The maximum absolute atomic E-state index is 13.1. The Balaban J connectivity index is 2.05. The van der Waals surface area contributed by atoms with Crippen LogP contribution >= 0.6 is 23.4 Å². The van der Waals surface area contributed by atoms with Gasteiger partial charge in [-0.2, -0.15) is 0 Å². The number of ether oxygens (including phenoxy) is 1. The van der Waals surface area contributed by atoms with Gasteiger partial charge in [0.2, 0.25) is 11.8 Å². The van der Waals surface area contributed by atoms with Crippen LogP contribution in [0.4, 0.5) is 0 Å². The fourth-order valence-electron chi connectivity index (χ4n) is 2.91. The molecule has 0 aliphatic rings. The van der Waals surface area contributed by atoms with Crippen molar-refractivity contribution in [1.82, 2.24) is 10.2 Å². The molecule has 1 unspecified atom stereocenters. The second kappa shape index (κ2) is 12.6. The Bertz CT molecular complexity index is 858. The van der Waals surface area contributed by atoms with Gasteiger partial charge >= 0.3 is 0 Å². The predicted octanol–water partition coefficient (Wildman–Crippen LogP) is 4.77. The second-order valence-electron chi connectivity index (χ2n) is 7.77. The van der Waals surface area contributed by atoms with E-state index < -0.39 is 6.04 Å². The van der Waals surface area contributed by atoms with Crippen molar-refractivity contribution in [3.8, 4) is 5.75 Å². The third kappa shape index (κ3) is 8.11. The second-order valence-corrected chi connectivity index (χ2v) is 9.16. The van der Waals surface area contributed by atoms with E-state index in [-0.39, 0.29) is 24.1 Å². The smallest absolute Gasteiger partial charge is 0.242 e. The van der Waals surface area contributed by atoms with Gasteiger partial charge in [0.05, 0.1) is 12.9 Å². The number of benzene rings is 2. The Morgan fingerprint density at radius 3 is 2.39 bits per heavy atom. The molecule has 0 saturated carbocycles. The van der Waals surface area contributed by atoms with Crippen LogP contribution in [0, 0.1) is 5.92 Å². The molecule has 0 heterocycles. The number of methoxy groups -OCH3 is 1. The first-order valence-electron chi connectivity index (χ1n) is 10.3. The van der Waals surface area contributed by atoms with Crippen molar-refractivity contribution in [3.05, 3.63) is 64.7 Å². The van der Waals surface area contributed by atoms with E-state index >= 15 is 0 Å². The molecule has 31 heavy (non-hydrogen) atoms. The first-order valence-corrected chi connectivity index (χ1v) is 11.9. The number of hydrogen-bond donors (Lipinski definition) is 1. The summed E-state index contributed by atoms with van der Waals surface area (Å²) in [6.07, 6.45) is 0. The van der Waals surface area contributed by atoms with Gasteiger partial charge in [0.25, 0.3) is 0 Å². The van der Waals surface area contributed by atoms with Gasteiger partial charge < -0.3 is 15.0 Å². The molecular formula is C24H31ClN2O3S. The summed E-state index contributed by atoms with van der Waals surface area (Å²) in [4.78, 5) is 27.4. The third-order valence-electron chi connectivity index (χ3n) is 4.80. The SMILES string of the molecule is COc1ccc(CSCC(=O)N(Cc2ccccc2Cl)C(C)C(=O)NCC(C)C)cc1. The van der Waals surface area contributed by atoms with Crippen LogP contribution < -0.4 is 10.1 Å². The minimum Gasteiger partial charge on any atom is -0.497 e. The Morgan fingerprint density at radius 2 is 1.77 bits per heavy atom. The third-order valence-corrected chi connectivity index (χ3v) is 6.16. The van der Waals surface area contributed by atoms with Crippen molar-refractivity contribution in [2.75, 3.05) is 19.4 Å². The molecule has 0 spiro atoms. The van der Waals surface area contributed by atoms with Crippen LogP contribution in [0.5, 0.6) is 5.75 Å². The first-order chi connectivity index (χ1) is 14.8. The molecular weight excluding hydrogens is 432 g/mol. The fraction of sp³-hybridized carbons (Fsp3) is 0.417. The molecule has 2 amide bonds. The largest absolute Gasteiger partial charge is 0.497 e. The number of halogens is 1. The number of rotatable bonds is 11. The molecule has 0 radical (unpaired) electrons. The number of carbonyl (C=O) groups is 2. The van der Waals surface area contributed by atoms with Gasteiger partial charge in [-0.3, -0.25) is 9.59 Å². The lowest BCUT2D eigenvalue weighted by Crippen LogP contribution is -2.48. The minimum atomic E-state index is -0.593. The maximum Gasteiger partial charge on any atom is 0.242 e. The van der Waals surface area contributed by atoms with E-state index in [4.69, 9.17) is 16.3 Å². The highest BCUT2D eigenvalue weighted by Crippen LogP contribution is 2.21. The quantitative estimate of drug-likeness (QED) is 0.522. The number of hydrogen-bond acceptors (Lipinski definition) is 4. The van der Waals surface area contributed by atoms with Crippen molar-refractivity contribution in [2.45, 2.75) is 39.1 Å². The van der Waals surface area contributed by atoms with Crippen molar-refractivity contribution in [1.29, 1.82) is 0 Å². The van der Waals surface area contributed by atoms with Gasteiger partial charge in [-0.15, -0.1) is 11.8 Å². The zero-order valence-electron chi connectivity index (χ0n) is 18.6. The van der Waals surface area contributed by atoms with Gasteiger partial charge in [-0.25, -0.2) is 0 Å². The van der Waals surface area contributed by atoms with Crippen molar-refractivity contribution >= 4 is 35.2 Å². The molecule has 0 fully saturated rings. The molecule has 2 aromatic carbocycles. The van der Waals surface area contributed by atoms with Gasteiger partial charge in [0.1, 0.15) is 11.8 Å². The number of nitrogens with one attached hydrogen (secondary N) is 1. The Labute approximate surface area is 194 Å². The Hall–Kier alpha value is -2.18. The summed E-state index contributed by atoms with van der Waals surface area (Å²) in [5.41, 5.74) is 1.93. The fourth-order valence-corrected chi connectivity index (χ4v) is 3.97. The van der Waals surface area contributed by atoms with Crippen LogP contribution in [0.1, 0.15) is 31.9 Å². The number of amides is 2. The van der Waals surface area contributed by atoms with E-state index in [9.17, 15) is 9.59 Å².